The highest BCUT2D eigenvalue weighted by atomic mass is 16.5. The molecular formula is C17H20N2O5. The number of hydrogen-bond acceptors (Lipinski definition) is 5. The van der Waals surface area contributed by atoms with Crippen molar-refractivity contribution in [1.82, 2.24) is 0 Å². The third-order valence-corrected chi connectivity index (χ3v) is 3.58. The van der Waals surface area contributed by atoms with Gasteiger partial charge in [-0.1, -0.05) is 0 Å². The molecule has 7 heteroatoms. The second kappa shape index (κ2) is 8.24. The number of ketones is 1. The maximum Gasteiger partial charge on any atom is 0.306 e. The Balaban J connectivity index is 1.78. The zero-order chi connectivity index (χ0) is 17.5. The van der Waals surface area contributed by atoms with Crippen molar-refractivity contribution in [3.63, 3.8) is 0 Å². The van der Waals surface area contributed by atoms with Crippen LogP contribution in [0.1, 0.15) is 32.6 Å². The molecule has 0 radical (unpaired) electrons. The Bertz CT molecular complexity index is 639. The minimum atomic E-state index is -0.580. The van der Waals surface area contributed by atoms with Gasteiger partial charge in [0.2, 0.25) is 5.91 Å². The van der Waals surface area contributed by atoms with E-state index in [9.17, 15) is 19.2 Å². The Hall–Kier alpha value is -2.70. The van der Waals surface area contributed by atoms with E-state index in [1.807, 2.05) is 0 Å². The lowest BCUT2D eigenvalue weighted by Gasteiger charge is -2.16. The smallest absolute Gasteiger partial charge is 0.306 e. The number of anilines is 2. The molecular weight excluding hydrogens is 312 g/mol. The molecule has 7 nitrogen and oxygen atoms in total. The van der Waals surface area contributed by atoms with Gasteiger partial charge in [0, 0.05) is 30.8 Å². The molecule has 0 aliphatic carbocycles. The van der Waals surface area contributed by atoms with Gasteiger partial charge in [0.05, 0.1) is 6.42 Å². The summed E-state index contributed by atoms with van der Waals surface area (Å²) in [5.74, 6) is -1.04. The van der Waals surface area contributed by atoms with Crippen molar-refractivity contribution in [2.75, 3.05) is 23.4 Å². The van der Waals surface area contributed by atoms with Gasteiger partial charge in [0.1, 0.15) is 5.78 Å². The molecule has 0 spiro atoms. The summed E-state index contributed by atoms with van der Waals surface area (Å²) >= 11 is 0. The van der Waals surface area contributed by atoms with Crippen LogP contribution in [-0.2, 0) is 23.9 Å². The normalized spacial score (nSPS) is 13.7. The molecule has 1 aliphatic heterocycles. The predicted molar refractivity (Wildman–Crippen MR) is 87.5 cm³/mol. The van der Waals surface area contributed by atoms with E-state index < -0.39 is 18.5 Å². The first-order valence-corrected chi connectivity index (χ1v) is 7.81. The van der Waals surface area contributed by atoms with E-state index in [2.05, 4.69) is 5.32 Å². The fraction of sp³-hybridized carbons (Fsp3) is 0.412. The van der Waals surface area contributed by atoms with Gasteiger partial charge in [0.15, 0.2) is 6.61 Å². The van der Waals surface area contributed by atoms with Gasteiger partial charge in [-0.2, -0.15) is 0 Å². The fourth-order valence-electron chi connectivity index (χ4n) is 2.34. The summed E-state index contributed by atoms with van der Waals surface area (Å²) in [5.41, 5.74) is 1.35. The zero-order valence-corrected chi connectivity index (χ0v) is 13.5. The number of carbonyl (C=O) groups excluding carboxylic acids is 4. The second-order valence-electron chi connectivity index (χ2n) is 5.61. The number of Topliss-reactive ketones (excluding diaryl/α,β-unsaturated/α-hetero) is 1. The van der Waals surface area contributed by atoms with E-state index in [0.717, 1.165) is 12.1 Å². The third kappa shape index (κ3) is 5.19. The maximum atomic E-state index is 11.7. The fourth-order valence-corrected chi connectivity index (χ4v) is 2.34. The lowest BCUT2D eigenvalue weighted by atomic mass is 10.2. The van der Waals surface area contributed by atoms with Crippen LogP contribution in [0.2, 0.25) is 0 Å². The van der Waals surface area contributed by atoms with Crippen molar-refractivity contribution < 1.29 is 23.9 Å². The quantitative estimate of drug-likeness (QED) is 0.767. The Morgan fingerprint density at radius 3 is 2.46 bits per heavy atom. The largest absolute Gasteiger partial charge is 0.456 e. The molecule has 1 aromatic rings. The molecule has 24 heavy (non-hydrogen) atoms. The highest BCUT2D eigenvalue weighted by Crippen LogP contribution is 2.22. The number of rotatable bonds is 7. The molecule has 1 fully saturated rings. The van der Waals surface area contributed by atoms with Crippen molar-refractivity contribution in [2.45, 2.75) is 32.6 Å². The monoisotopic (exact) mass is 332 g/mol. The summed E-state index contributed by atoms with van der Waals surface area (Å²) in [6, 6.07) is 6.90. The lowest BCUT2D eigenvalue weighted by molar-refractivity contribution is -0.148. The summed E-state index contributed by atoms with van der Waals surface area (Å²) in [4.78, 5) is 47.2. The maximum absolute atomic E-state index is 11.7. The number of hydrogen-bond donors (Lipinski definition) is 1. The molecule has 2 amide bonds. The van der Waals surface area contributed by atoms with Gasteiger partial charge >= 0.3 is 5.97 Å². The van der Waals surface area contributed by atoms with Crippen LogP contribution in [0.3, 0.4) is 0 Å². The molecule has 0 saturated carbocycles. The molecule has 1 saturated heterocycles. The third-order valence-electron chi connectivity index (χ3n) is 3.58. The van der Waals surface area contributed by atoms with Crippen molar-refractivity contribution in [3.8, 4) is 0 Å². The van der Waals surface area contributed by atoms with Crippen LogP contribution in [0.15, 0.2) is 24.3 Å². The van der Waals surface area contributed by atoms with Crippen LogP contribution in [0.25, 0.3) is 0 Å². The van der Waals surface area contributed by atoms with Gasteiger partial charge in [-0.05, 0) is 37.6 Å². The molecule has 0 unspecified atom stereocenters. The van der Waals surface area contributed by atoms with Crippen molar-refractivity contribution in [3.05, 3.63) is 24.3 Å². The lowest BCUT2D eigenvalue weighted by Crippen LogP contribution is -2.23. The zero-order valence-electron chi connectivity index (χ0n) is 13.5. The summed E-state index contributed by atoms with van der Waals surface area (Å²) < 4.78 is 4.79. The van der Waals surface area contributed by atoms with Crippen LogP contribution < -0.4 is 10.2 Å². The van der Waals surface area contributed by atoms with Crippen LogP contribution in [-0.4, -0.2) is 36.7 Å². The van der Waals surface area contributed by atoms with Crippen molar-refractivity contribution in [2.24, 2.45) is 0 Å². The summed E-state index contributed by atoms with van der Waals surface area (Å²) in [5, 5.41) is 2.60. The standard InChI is InChI=1S/C17H20N2O5/c1-12(20)4-9-17(23)24-11-15(21)18-13-5-7-14(8-6-13)19-10-2-3-16(19)22/h5-8H,2-4,9-11H2,1H3,(H,18,21). The first-order chi connectivity index (χ1) is 11.5. The molecule has 0 bridgehead atoms. The number of benzene rings is 1. The Morgan fingerprint density at radius 2 is 1.88 bits per heavy atom. The second-order valence-corrected chi connectivity index (χ2v) is 5.61. The average molecular weight is 332 g/mol. The van der Waals surface area contributed by atoms with Crippen molar-refractivity contribution >= 4 is 34.9 Å². The topological polar surface area (TPSA) is 92.8 Å². The Labute approximate surface area is 140 Å². The average Bonchev–Trinajstić information content (AvgIpc) is 2.98. The predicted octanol–water partition coefficient (Wildman–Crippen LogP) is 1.66. The van der Waals surface area contributed by atoms with E-state index in [-0.39, 0.29) is 24.5 Å². The molecule has 1 N–H and O–H groups in total. The van der Waals surface area contributed by atoms with Gasteiger partial charge in [-0.25, -0.2) is 0 Å². The highest BCUT2D eigenvalue weighted by Gasteiger charge is 2.21. The van der Waals surface area contributed by atoms with Crippen LogP contribution in [0, 0.1) is 0 Å². The number of ether oxygens (including phenoxy) is 1. The van der Waals surface area contributed by atoms with Gasteiger partial charge in [-0.3, -0.25) is 14.4 Å². The first kappa shape index (κ1) is 17.7. The first-order valence-electron chi connectivity index (χ1n) is 7.81. The van der Waals surface area contributed by atoms with Crippen molar-refractivity contribution in [1.29, 1.82) is 0 Å². The SMILES string of the molecule is CC(=O)CCC(=O)OCC(=O)Nc1ccc(N2CCCC2=O)cc1. The summed E-state index contributed by atoms with van der Waals surface area (Å²) in [6.07, 6.45) is 1.50. The molecule has 1 aromatic carbocycles. The van der Waals surface area contributed by atoms with E-state index in [1.165, 1.54) is 6.92 Å². The number of amides is 2. The molecule has 0 aromatic heterocycles. The molecule has 128 valence electrons. The Morgan fingerprint density at radius 1 is 1.17 bits per heavy atom. The number of carbonyl (C=O) groups is 4. The van der Waals surface area contributed by atoms with E-state index in [1.54, 1.807) is 29.2 Å². The molecule has 1 aliphatic rings. The molecule has 1 heterocycles. The number of esters is 1. The van der Waals surface area contributed by atoms with E-state index >= 15 is 0 Å². The van der Waals surface area contributed by atoms with Gasteiger partial charge < -0.3 is 19.7 Å². The molecule has 0 atom stereocenters. The van der Waals surface area contributed by atoms with Gasteiger partial charge in [0.25, 0.3) is 5.91 Å². The highest BCUT2D eigenvalue weighted by molar-refractivity contribution is 5.96. The minimum Gasteiger partial charge on any atom is -0.456 e. The van der Waals surface area contributed by atoms with Gasteiger partial charge in [-0.15, -0.1) is 0 Å². The number of nitrogens with one attached hydrogen (secondary N) is 1. The Kier molecular flexibility index (Phi) is 6.06. The van der Waals surface area contributed by atoms with E-state index in [0.29, 0.717) is 18.7 Å². The van der Waals surface area contributed by atoms with Crippen LogP contribution in [0.5, 0.6) is 0 Å². The number of nitrogens with zero attached hydrogens (tertiary/aromatic N) is 1. The van der Waals surface area contributed by atoms with E-state index in [4.69, 9.17) is 4.74 Å². The van der Waals surface area contributed by atoms with Crippen LogP contribution in [0.4, 0.5) is 11.4 Å². The minimum absolute atomic E-state index is 0.0266. The summed E-state index contributed by atoms with van der Waals surface area (Å²) in [7, 11) is 0. The molecule has 2 rings (SSSR count). The van der Waals surface area contributed by atoms with Crippen LogP contribution >= 0.6 is 0 Å². The summed E-state index contributed by atoms with van der Waals surface area (Å²) in [6.45, 7) is 1.70.